The predicted octanol–water partition coefficient (Wildman–Crippen LogP) is 3.14. The van der Waals surface area contributed by atoms with Gasteiger partial charge in [0.15, 0.2) is 0 Å². The van der Waals surface area contributed by atoms with E-state index in [0.29, 0.717) is 6.61 Å². The van der Waals surface area contributed by atoms with Crippen LogP contribution >= 0.6 is 27.3 Å². The molecule has 0 aliphatic carbocycles. The third kappa shape index (κ3) is 3.04. The first-order chi connectivity index (χ1) is 6.31. The van der Waals surface area contributed by atoms with Crippen molar-refractivity contribution in [3.8, 4) is 0 Å². The highest BCUT2D eigenvalue weighted by atomic mass is 79.9. The summed E-state index contributed by atoms with van der Waals surface area (Å²) in [5.41, 5.74) is 1.23. The molecule has 4 heteroatoms. The number of rotatable bonds is 5. The van der Waals surface area contributed by atoms with Crippen molar-refractivity contribution < 1.29 is 4.74 Å². The van der Waals surface area contributed by atoms with Crippen LogP contribution in [0.4, 0.5) is 0 Å². The first kappa shape index (κ1) is 11.1. The molecule has 0 amide bonds. The summed E-state index contributed by atoms with van der Waals surface area (Å²) in [7, 11) is 1.70. The van der Waals surface area contributed by atoms with Crippen LogP contribution in [0.15, 0.2) is 0 Å². The van der Waals surface area contributed by atoms with E-state index >= 15 is 0 Å². The lowest BCUT2D eigenvalue weighted by Gasteiger charge is -1.93. The van der Waals surface area contributed by atoms with E-state index in [2.05, 4.69) is 27.8 Å². The average Bonchev–Trinajstić information content (AvgIpc) is 2.49. The van der Waals surface area contributed by atoms with E-state index in [-0.39, 0.29) is 0 Å². The highest BCUT2D eigenvalue weighted by molar-refractivity contribution is 9.08. The summed E-state index contributed by atoms with van der Waals surface area (Å²) in [5, 5.41) is 1.99. The van der Waals surface area contributed by atoms with Gasteiger partial charge in [0.2, 0.25) is 0 Å². The Bertz CT molecular complexity index is 262. The molecular formula is C9H14BrNOS. The van der Waals surface area contributed by atoms with E-state index in [1.807, 2.05) is 0 Å². The SMILES string of the molecule is CCCc1nc(COC)sc1CBr. The third-order valence-electron chi connectivity index (χ3n) is 1.70. The van der Waals surface area contributed by atoms with E-state index in [4.69, 9.17) is 4.74 Å². The van der Waals surface area contributed by atoms with Gasteiger partial charge in [0.05, 0.1) is 12.3 Å². The Labute approximate surface area is 91.5 Å². The summed E-state index contributed by atoms with van der Waals surface area (Å²) in [6, 6.07) is 0. The number of hydrogen-bond acceptors (Lipinski definition) is 3. The molecule has 1 rings (SSSR count). The van der Waals surface area contributed by atoms with Crippen molar-refractivity contribution >= 4 is 27.3 Å². The smallest absolute Gasteiger partial charge is 0.119 e. The fourth-order valence-corrected chi connectivity index (χ4v) is 2.76. The van der Waals surface area contributed by atoms with Gasteiger partial charge in [-0.15, -0.1) is 11.3 Å². The number of halogens is 1. The van der Waals surface area contributed by atoms with Gasteiger partial charge in [0.1, 0.15) is 5.01 Å². The molecule has 0 atom stereocenters. The standard InChI is InChI=1S/C9H14BrNOS/c1-3-4-7-8(5-10)13-9(11-7)6-12-2/h3-6H2,1-2H3. The van der Waals surface area contributed by atoms with Crippen molar-refractivity contribution in [2.45, 2.75) is 31.7 Å². The third-order valence-corrected chi connectivity index (χ3v) is 3.70. The number of ether oxygens (including phenoxy) is 1. The molecule has 13 heavy (non-hydrogen) atoms. The monoisotopic (exact) mass is 263 g/mol. The molecule has 0 aliphatic heterocycles. The Balaban J connectivity index is 2.77. The quantitative estimate of drug-likeness (QED) is 0.762. The van der Waals surface area contributed by atoms with Crippen LogP contribution in [0.25, 0.3) is 0 Å². The van der Waals surface area contributed by atoms with Gasteiger partial charge < -0.3 is 4.74 Å². The number of aryl methyl sites for hydroxylation is 1. The molecule has 1 heterocycles. The second-order valence-electron chi connectivity index (χ2n) is 2.79. The van der Waals surface area contributed by atoms with Crippen molar-refractivity contribution in [2.24, 2.45) is 0 Å². The Morgan fingerprint density at radius 1 is 1.54 bits per heavy atom. The fourth-order valence-electron chi connectivity index (χ4n) is 1.16. The number of alkyl halides is 1. The molecular weight excluding hydrogens is 250 g/mol. The second kappa shape index (κ2) is 5.73. The van der Waals surface area contributed by atoms with Crippen molar-refractivity contribution in [3.05, 3.63) is 15.6 Å². The molecule has 0 N–H and O–H groups in total. The minimum absolute atomic E-state index is 0.633. The summed E-state index contributed by atoms with van der Waals surface area (Å²) in [6.45, 7) is 2.81. The Kier molecular flexibility index (Phi) is 4.91. The summed E-state index contributed by atoms with van der Waals surface area (Å²) in [6.07, 6.45) is 2.22. The molecule has 2 nitrogen and oxygen atoms in total. The van der Waals surface area contributed by atoms with E-state index in [0.717, 1.165) is 23.2 Å². The Morgan fingerprint density at radius 2 is 2.31 bits per heavy atom. The van der Waals surface area contributed by atoms with Crippen LogP contribution in [0.1, 0.15) is 28.9 Å². The van der Waals surface area contributed by atoms with Crippen molar-refractivity contribution in [2.75, 3.05) is 7.11 Å². The first-order valence-corrected chi connectivity index (χ1v) is 6.28. The lowest BCUT2D eigenvalue weighted by atomic mass is 10.2. The molecule has 0 spiro atoms. The highest BCUT2D eigenvalue weighted by Crippen LogP contribution is 2.22. The zero-order chi connectivity index (χ0) is 9.68. The molecule has 0 bridgehead atoms. The normalized spacial score (nSPS) is 10.7. The van der Waals surface area contributed by atoms with Crippen LogP contribution < -0.4 is 0 Å². The average molecular weight is 264 g/mol. The predicted molar refractivity (Wildman–Crippen MR) is 59.5 cm³/mol. The zero-order valence-electron chi connectivity index (χ0n) is 7.97. The maximum absolute atomic E-state index is 5.05. The summed E-state index contributed by atoms with van der Waals surface area (Å²) >= 11 is 5.21. The lowest BCUT2D eigenvalue weighted by Crippen LogP contribution is -1.89. The number of hydrogen-bond donors (Lipinski definition) is 0. The largest absolute Gasteiger partial charge is 0.378 e. The minimum Gasteiger partial charge on any atom is -0.378 e. The molecule has 0 radical (unpaired) electrons. The van der Waals surface area contributed by atoms with Crippen LogP contribution in [-0.2, 0) is 23.1 Å². The fraction of sp³-hybridized carbons (Fsp3) is 0.667. The topological polar surface area (TPSA) is 22.1 Å². The van der Waals surface area contributed by atoms with Gasteiger partial charge in [-0.25, -0.2) is 4.98 Å². The van der Waals surface area contributed by atoms with Gasteiger partial charge in [-0.2, -0.15) is 0 Å². The summed E-state index contributed by atoms with van der Waals surface area (Å²) in [5.74, 6) is 0. The first-order valence-electron chi connectivity index (χ1n) is 4.34. The van der Waals surface area contributed by atoms with Gasteiger partial charge in [0.25, 0.3) is 0 Å². The van der Waals surface area contributed by atoms with E-state index < -0.39 is 0 Å². The van der Waals surface area contributed by atoms with Crippen molar-refractivity contribution in [1.29, 1.82) is 0 Å². The second-order valence-corrected chi connectivity index (χ2v) is 4.52. The minimum atomic E-state index is 0.633. The molecule has 0 unspecified atom stereocenters. The van der Waals surface area contributed by atoms with E-state index in [9.17, 15) is 0 Å². The number of nitrogens with zero attached hydrogens (tertiary/aromatic N) is 1. The number of aromatic nitrogens is 1. The molecule has 0 saturated heterocycles. The maximum Gasteiger partial charge on any atom is 0.119 e. The summed E-state index contributed by atoms with van der Waals surface area (Å²) < 4.78 is 5.05. The van der Waals surface area contributed by atoms with Crippen molar-refractivity contribution in [3.63, 3.8) is 0 Å². The number of thiazole rings is 1. The lowest BCUT2D eigenvalue weighted by molar-refractivity contribution is 0.184. The molecule has 0 aliphatic rings. The van der Waals surface area contributed by atoms with Crippen molar-refractivity contribution in [1.82, 2.24) is 4.98 Å². The van der Waals surface area contributed by atoms with E-state index in [1.54, 1.807) is 18.4 Å². The van der Waals surface area contributed by atoms with Crippen LogP contribution in [0.5, 0.6) is 0 Å². The molecule has 0 saturated carbocycles. The van der Waals surface area contributed by atoms with Crippen LogP contribution in [0.2, 0.25) is 0 Å². The molecule has 0 fully saturated rings. The molecule has 1 aromatic heterocycles. The van der Waals surface area contributed by atoms with Crippen LogP contribution in [0.3, 0.4) is 0 Å². The molecule has 0 aromatic carbocycles. The maximum atomic E-state index is 5.05. The van der Waals surface area contributed by atoms with Crippen LogP contribution in [0, 0.1) is 0 Å². The summed E-state index contributed by atoms with van der Waals surface area (Å²) in [4.78, 5) is 5.87. The van der Waals surface area contributed by atoms with Gasteiger partial charge in [-0.1, -0.05) is 29.3 Å². The van der Waals surface area contributed by atoms with Gasteiger partial charge in [-0.05, 0) is 6.42 Å². The Morgan fingerprint density at radius 3 is 2.85 bits per heavy atom. The molecule has 1 aromatic rings. The van der Waals surface area contributed by atoms with Gasteiger partial charge in [-0.3, -0.25) is 0 Å². The van der Waals surface area contributed by atoms with Crippen LogP contribution in [-0.4, -0.2) is 12.1 Å². The Hall–Kier alpha value is 0.0700. The van der Waals surface area contributed by atoms with Gasteiger partial charge in [0, 0.05) is 17.3 Å². The molecule has 74 valence electrons. The highest BCUT2D eigenvalue weighted by Gasteiger charge is 2.08. The van der Waals surface area contributed by atoms with E-state index in [1.165, 1.54) is 10.6 Å². The zero-order valence-corrected chi connectivity index (χ0v) is 10.4. The van der Waals surface area contributed by atoms with Gasteiger partial charge >= 0.3 is 0 Å². The number of methoxy groups -OCH3 is 1.